The molecular formula is C17H22N4O4. The number of fused-ring (bicyclic) bond motifs is 1. The first-order valence-corrected chi connectivity index (χ1v) is 8.41. The Balaban J connectivity index is 1.60. The van der Waals surface area contributed by atoms with Crippen LogP contribution in [-0.2, 0) is 16.1 Å². The normalized spacial score (nSPS) is 16.1. The lowest BCUT2D eigenvalue weighted by Gasteiger charge is -2.21. The van der Waals surface area contributed by atoms with Crippen LogP contribution >= 0.6 is 0 Å². The second-order valence-electron chi connectivity index (χ2n) is 6.21. The van der Waals surface area contributed by atoms with Crippen LogP contribution in [0.3, 0.4) is 0 Å². The van der Waals surface area contributed by atoms with E-state index in [4.69, 9.17) is 10.2 Å². The van der Waals surface area contributed by atoms with E-state index in [1.807, 2.05) is 11.0 Å². The van der Waals surface area contributed by atoms with Crippen molar-refractivity contribution in [2.24, 2.45) is 5.73 Å². The average molecular weight is 346 g/mol. The van der Waals surface area contributed by atoms with Crippen molar-refractivity contribution in [1.29, 1.82) is 0 Å². The van der Waals surface area contributed by atoms with Gasteiger partial charge >= 0.3 is 5.76 Å². The Bertz CT molecular complexity index is 825. The Kier molecular flexibility index (Phi) is 5.18. The number of amides is 2. The lowest BCUT2D eigenvalue weighted by molar-refractivity contribution is -0.131. The van der Waals surface area contributed by atoms with E-state index in [1.165, 1.54) is 4.57 Å². The molecule has 1 aliphatic heterocycles. The van der Waals surface area contributed by atoms with E-state index in [-0.39, 0.29) is 31.3 Å². The zero-order chi connectivity index (χ0) is 17.8. The van der Waals surface area contributed by atoms with Crippen molar-refractivity contribution in [1.82, 2.24) is 14.4 Å². The summed E-state index contributed by atoms with van der Waals surface area (Å²) < 4.78 is 6.67. The fourth-order valence-corrected chi connectivity index (χ4v) is 3.19. The topological polar surface area (TPSA) is 102 Å². The van der Waals surface area contributed by atoms with Crippen LogP contribution in [0.1, 0.15) is 12.8 Å². The fourth-order valence-electron chi connectivity index (χ4n) is 3.19. The SMILES string of the molecule is NC(=O)CN1CCCN(C(=O)CCn2c(=O)oc3ccccc32)CC1. The summed E-state index contributed by atoms with van der Waals surface area (Å²) in [6.45, 7) is 3.10. The minimum atomic E-state index is -0.447. The third-order valence-corrected chi connectivity index (χ3v) is 4.44. The maximum atomic E-state index is 12.5. The second kappa shape index (κ2) is 7.52. The summed E-state index contributed by atoms with van der Waals surface area (Å²) in [5, 5.41) is 0. The van der Waals surface area contributed by atoms with Crippen LogP contribution in [0.15, 0.2) is 33.5 Å². The van der Waals surface area contributed by atoms with Crippen molar-refractivity contribution in [3.05, 3.63) is 34.8 Å². The van der Waals surface area contributed by atoms with Crippen LogP contribution in [-0.4, -0.2) is 58.9 Å². The summed E-state index contributed by atoms with van der Waals surface area (Å²) in [4.78, 5) is 39.2. The first kappa shape index (κ1) is 17.2. The number of carbonyl (C=O) groups excluding carboxylic acids is 2. The summed E-state index contributed by atoms with van der Waals surface area (Å²) in [6.07, 6.45) is 1.03. The van der Waals surface area contributed by atoms with E-state index in [2.05, 4.69) is 0 Å². The monoisotopic (exact) mass is 346 g/mol. The number of hydrogen-bond acceptors (Lipinski definition) is 5. The number of oxazole rings is 1. The number of nitrogens with zero attached hydrogens (tertiary/aromatic N) is 3. The van der Waals surface area contributed by atoms with Crippen molar-refractivity contribution >= 4 is 22.9 Å². The average Bonchev–Trinajstić information content (AvgIpc) is 2.73. The van der Waals surface area contributed by atoms with E-state index in [0.717, 1.165) is 13.0 Å². The highest BCUT2D eigenvalue weighted by molar-refractivity contribution is 5.77. The zero-order valence-electron chi connectivity index (χ0n) is 14.0. The number of aryl methyl sites for hydroxylation is 1. The van der Waals surface area contributed by atoms with Crippen LogP contribution in [0.2, 0.25) is 0 Å². The van der Waals surface area contributed by atoms with E-state index in [1.54, 1.807) is 23.1 Å². The van der Waals surface area contributed by atoms with E-state index < -0.39 is 5.76 Å². The van der Waals surface area contributed by atoms with Gasteiger partial charge in [-0.1, -0.05) is 12.1 Å². The molecule has 1 saturated heterocycles. The van der Waals surface area contributed by atoms with Crippen molar-refractivity contribution < 1.29 is 14.0 Å². The summed E-state index contributed by atoms with van der Waals surface area (Å²) in [5.74, 6) is -0.804. The van der Waals surface area contributed by atoms with Gasteiger partial charge in [-0.15, -0.1) is 0 Å². The van der Waals surface area contributed by atoms with Gasteiger partial charge in [0.1, 0.15) is 0 Å². The summed E-state index contributed by atoms with van der Waals surface area (Å²) in [6, 6.07) is 7.17. The van der Waals surface area contributed by atoms with Gasteiger partial charge in [0, 0.05) is 39.1 Å². The van der Waals surface area contributed by atoms with Gasteiger partial charge in [-0.05, 0) is 18.6 Å². The number of primary amides is 1. The molecule has 0 bridgehead atoms. The van der Waals surface area contributed by atoms with Crippen LogP contribution in [0, 0.1) is 0 Å². The van der Waals surface area contributed by atoms with Crippen molar-refractivity contribution in [3.8, 4) is 0 Å². The first-order valence-electron chi connectivity index (χ1n) is 8.41. The Hall–Kier alpha value is -2.61. The number of nitrogens with two attached hydrogens (primary N) is 1. The molecule has 2 amide bonds. The van der Waals surface area contributed by atoms with Gasteiger partial charge in [0.05, 0.1) is 12.1 Å². The zero-order valence-corrected chi connectivity index (χ0v) is 14.0. The number of hydrogen-bond donors (Lipinski definition) is 1. The molecule has 1 aliphatic rings. The quantitative estimate of drug-likeness (QED) is 0.821. The van der Waals surface area contributed by atoms with Gasteiger partial charge in [-0.2, -0.15) is 0 Å². The van der Waals surface area contributed by atoms with Gasteiger partial charge in [0.25, 0.3) is 0 Å². The molecule has 25 heavy (non-hydrogen) atoms. The smallest absolute Gasteiger partial charge is 0.408 e. The molecule has 2 heterocycles. The maximum absolute atomic E-state index is 12.5. The van der Waals surface area contributed by atoms with Gasteiger partial charge in [-0.3, -0.25) is 19.1 Å². The molecular weight excluding hydrogens is 324 g/mol. The summed E-state index contributed by atoms with van der Waals surface area (Å²) in [5.41, 5.74) is 6.45. The van der Waals surface area contributed by atoms with Crippen LogP contribution in [0.25, 0.3) is 11.1 Å². The maximum Gasteiger partial charge on any atom is 0.419 e. The molecule has 3 rings (SSSR count). The van der Waals surface area contributed by atoms with E-state index in [9.17, 15) is 14.4 Å². The highest BCUT2D eigenvalue weighted by atomic mass is 16.4. The third-order valence-electron chi connectivity index (χ3n) is 4.44. The Labute approximate surface area is 144 Å². The van der Waals surface area contributed by atoms with Gasteiger partial charge in [-0.25, -0.2) is 4.79 Å². The summed E-state index contributed by atoms with van der Waals surface area (Å²) >= 11 is 0. The molecule has 0 aliphatic carbocycles. The van der Waals surface area contributed by atoms with E-state index >= 15 is 0 Å². The molecule has 0 spiro atoms. The number of rotatable bonds is 5. The molecule has 2 N–H and O–H groups in total. The molecule has 0 unspecified atom stereocenters. The number of para-hydroxylation sites is 2. The van der Waals surface area contributed by atoms with Crippen molar-refractivity contribution in [2.45, 2.75) is 19.4 Å². The third kappa shape index (κ3) is 4.08. The molecule has 1 aromatic heterocycles. The molecule has 8 heteroatoms. The molecule has 1 fully saturated rings. The second-order valence-corrected chi connectivity index (χ2v) is 6.21. The lowest BCUT2D eigenvalue weighted by atomic mass is 10.3. The predicted octanol–water partition coefficient (Wildman–Crippen LogP) is 0.00420. The Morgan fingerprint density at radius 3 is 2.72 bits per heavy atom. The summed E-state index contributed by atoms with van der Waals surface area (Å²) in [7, 11) is 0. The van der Waals surface area contributed by atoms with Crippen LogP contribution in [0.4, 0.5) is 0 Å². The van der Waals surface area contributed by atoms with Gasteiger partial charge < -0.3 is 15.1 Å². The molecule has 8 nitrogen and oxygen atoms in total. The van der Waals surface area contributed by atoms with Crippen LogP contribution in [0.5, 0.6) is 0 Å². The van der Waals surface area contributed by atoms with Crippen LogP contribution < -0.4 is 11.5 Å². The van der Waals surface area contributed by atoms with Gasteiger partial charge in [0.15, 0.2) is 5.58 Å². The van der Waals surface area contributed by atoms with Crippen molar-refractivity contribution in [2.75, 3.05) is 32.7 Å². The number of benzene rings is 1. The molecule has 0 saturated carbocycles. The molecule has 0 radical (unpaired) electrons. The fraction of sp³-hybridized carbons (Fsp3) is 0.471. The minimum Gasteiger partial charge on any atom is -0.408 e. The highest BCUT2D eigenvalue weighted by Gasteiger charge is 2.20. The highest BCUT2D eigenvalue weighted by Crippen LogP contribution is 2.13. The molecule has 1 aromatic carbocycles. The Morgan fingerprint density at radius 1 is 1.12 bits per heavy atom. The molecule has 2 aromatic rings. The van der Waals surface area contributed by atoms with E-state index in [0.29, 0.717) is 30.7 Å². The lowest BCUT2D eigenvalue weighted by Crippen LogP contribution is -2.38. The standard InChI is InChI=1S/C17H22N4O4/c18-15(22)12-19-7-3-8-20(11-10-19)16(23)6-9-21-13-4-1-2-5-14(13)25-17(21)24/h1-2,4-5H,3,6-12H2,(H2,18,22). The number of aromatic nitrogens is 1. The largest absolute Gasteiger partial charge is 0.419 e. The predicted molar refractivity (Wildman–Crippen MR) is 91.9 cm³/mol. The number of carbonyl (C=O) groups is 2. The first-order chi connectivity index (χ1) is 12.0. The van der Waals surface area contributed by atoms with Gasteiger partial charge in [0.2, 0.25) is 11.8 Å². The molecule has 134 valence electrons. The van der Waals surface area contributed by atoms with Crippen molar-refractivity contribution in [3.63, 3.8) is 0 Å². The minimum absolute atomic E-state index is 0.00175. The Morgan fingerprint density at radius 2 is 1.92 bits per heavy atom. The molecule has 0 atom stereocenters.